The Hall–Kier alpha value is -3.24. The van der Waals surface area contributed by atoms with E-state index in [1.807, 2.05) is 5.32 Å². The summed E-state index contributed by atoms with van der Waals surface area (Å²) in [6.07, 6.45) is 4.55. The predicted molar refractivity (Wildman–Crippen MR) is 102 cm³/mol. The maximum atomic E-state index is 12.7. The van der Waals surface area contributed by atoms with Crippen molar-refractivity contribution in [2.45, 2.75) is 43.3 Å². The lowest BCUT2D eigenvalue weighted by molar-refractivity contribution is -0.142. The Morgan fingerprint density at radius 1 is 1.30 bits per heavy atom. The summed E-state index contributed by atoms with van der Waals surface area (Å²) in [5.74, 6) is 0.292. The highest BCUT2D eigenvalue weighted by Crippen LogP contribution is 2.47. The first-order valence-electron chi connectivity index (χ1n) is 9.62. The molecule has 2 aliphatic rings. The first kappa shape index (κ1) is 18.8. The standard InChI is InChI=1S/C19H18F3N7O/c20-19(21,22)8-26-17(30)18-3-1-2-10(4-18)11-6-25-15(28-16(11)29-18)13-7-24-14-12(13)5-23-9-27-14/h5-7,9-10H,1-4,8H2,(H,26,30)(H,23,24,27)(H,25,28,29). The normalized spacial score (nSPS) is 23.0. The average molecular weight is 417 g/mol. The number of amides is 1. The van der Waals surface area contributed by atoms with Gasteiger partial charge in [0.25, 0.3) is 0 Å². The average Bonchev–Trinajstić information content (AvgIpc) is 3.15. The molecule has 0 spiro atoms. The Balaban J connectivity index is 1.50. The van der Waals surface area contributed by atoms with Gasteiger partial charge in [0.1, 0.15) is 29.9 Å². The van der Waals surface area contributed by atoms with E-state index in [1.165, 1.54) is 6.33 Å². The van der Waals surface area contributed by atoms with Crippen LogP contribution in [0.2, 0.25) is 0 Å². The van der Waals surface area contributed by atoms with Crippen LogP contribution < -0.4 is 10.6 Å². The Bertz CT molecular complexity index is 1130. The van der Waals surface area contributed by atoms with E-state index in [0.29, 0.717) is 35.7 Å². The van der Waals surface area contributed by atoms with E-state index in [1.54, 1.807) is 18.6 Å². The van der Waals surface area contributed by atoms with Crippen LogP contribution in [0.15, 0.2) is 24.9 Å². The van der Waals surface area contributed by atoms with Crippen LogP contribution in [-0.4, -0.2) is 49.1 Å². The molecule has 5 rings (SSSR count). The number of halogens is 3. The fourth-order valence-corrected chi connectivity index (χ4v) is 4.46. The van der Waals surface area contributed by atoms with Crippen molar-refractivity contribution >= 4 is 22.8 Å². The number of carbonyl (C=O) groups excluding carboxylic acids is 1. The van der Waals surface area contributed by atoms with Crippen LogP contribution in [0.25, 0.3) is 22.4 Å². The largest absolute Gasteiger partial charge is 0.405 e. The van der Waals surface area contributed by atoms with Gasteiger partial charge in [-0.2, -0.15) is 13.2 Å². The maximum absolute atomic E-state index is 12.7. The van der Waals surface area contributed by atoms with Gasteiger partial charge in [-0.25, -0.2) is 19.9 Å². The monoisotopic (exact) mass is 417 g/mol. The maximum Gasteiger partial charge on any atom is 0.405 e. The molecule has 1 amide bonds. The summed E-state index contributed by atoms with van der Waals surface area (Å²) >= 11 is 0. The molecule has 2 bridgehead atoms. The van der Waals surface area contributed by atoms with Crippen LogP contribution in [0.5, 0.6) is 0 Å². The zero-order chi connectivity index (χ0) is 20.9. The fourth-order valence-electron chi connectivity index (χ4n) is 4.46. The number of hydrogen-bond donors (Lipinski definition) is 3. The van der Waals surface area contributed by atoms with Crippen LogP contribution in [0.3, 0.4) is 0 Å². The molecule has 0 radical (unpaired) electrons. The molecule has 3 aromatic heterocycles. The predicted octanol–water partition coefficient (Wildman–Crippen LogP) is 2.92. The van der Waals surface area contributed by atoms with Crippen LogP contribution in [-0.2, 0) is 4.79 Å². The Labute approximate surface area is 168 Å². The van der Waals surface area contributed by atoms with Crippen molar-refractivity contribution in [3.63, 3.8) is 0 Å². The molecular formula is C19H18F3N7O. The molecule has 1 saturated carbocycles. The Morgan fingerprint density at radius 3 is 3.00 bits per heavy atom. The van der Waals surface area contributed by atoms with Gasteiger partial charge in [-0.05, 0) is 31.6 Å². The van der Waals surface area contributed by atoms with Crippen molar-refractivity contribution in [1.29, 1.82) is 0 Å². The highest BCUT2D eigenvalue weighted by molar-refractivity contribution is 5.92. The fraction of sp³-hybridized carbons (Fsp3) is 0.421. The molecule has 1 aliphatic heterocycles. The number of hydrogen-bond acceptors (Lipinski definition) is 6. The summed E-state index contributed by atoms with van der Waals surface area (Å²) in [5.41, 5.74) is 1.14. The second-order valence-electron chi connectivity index (χ2n) is 7.78. The van der Waals surface area contributed by atoms with Crippen molar-refractivity contribution in [3.8, 4) is 11.4 Å². The zero-order valence-electron chi connectivity index (χ0n) is 15.8. The highest BCUT2D eigenvalue weighted by atomic mass is 19.4. The van der Waals surface area contributed by atoms with Gasteiger partial charge in [0.05, 0.1) is 0 Å². The van der Waals surface area contributed by atoms with Crippen LogP contribution in [0.1, 0.15) is 37.2 Å². The molecule has 1 aliphatic carbocycles. The molecule has 2 atom stereocenters. The molecule has 1 fully saturated rings. The molecule has 30 heavy (non-hydrogen) atoms. The first-order valence-corrected chi connectivity index (χ1v) is 9.62. The van der Waals surface area contributed by atoms with Gasteiger partial charge in [0, 0.05) is 35.1 Å². The number of H-pyrrole nitrogens is 1. The van der Waals surface area contributed by atoms with Gasteiger partial charge < -0.3 is 15.6 Å². The SMILES string of the molecule is O=C(NCC(F)(F)F)C12CCCC(C1)c1cnc(-c3c[nH]c4ncncc34)nc1N2. The minimum absolute atomic E-state index is 0.0204. The topological polar surface area (TPSA) is 108 Å². The number of nitrogens with zero attached hydrogens (tertiary/aromatic N) is 4. The molecule has 0 aromatic carbocycles. The van der Waals surface area contributed by atoms with Crippen molar-refractivity contribution in [2.24, 2.45) is 0 Å². The van der Waals surface area contributed by atoms with Crippen LogP contribution in [0, 0.1) is 0 Å². The number of aromatic amines is 1. The summed E-state index contributed by atoms with van der Waals surface area (Å²) in [5, 5.41) is 5.96. The molecule has 0 saturated heterocycles. The van der Waals surface area contributed by atoms with Gasteiger partial charge in [0.15, 0.2) is 5.82 Å². The van der Waals surface area contributed by atoms with Crippen molar-refractivity contribution in [3.05, 3.63) is 30.5 Å². The van der Waals surface area contributed by atoms with Crippen LogP contribution in [0.4, 0.5) is 19.0 Å². The van der Waals surface area contributed by atoms with E-state index in [4.69, 9.17) is 0 Å². The van der Waals surface area contributed by atoms with E-state index >= 15 is 0 Å². The number of nitrogens with one attached hydrogen (secondary N) is 3. The molecule has 4 heterocycles. The number of fused-ring (bicyclic) bond motifs is 5. The van der Waals surface area contributed by atoms with Gasteiger partial charge in [-0.3, -0.25) is 4.79 Å². The lowest BCUT2D eigenvalue weighted by atomic mass is 9.70. The third-order valence-electron chi connectivity index (χ3n) is 5.85. The summed E-state index contributed by atoms with van der Waals surface area (Å²) in [6, 6.07) is 0. The Kier molecular flexibility index (Phi) is 4.16. The molecule has 11 heteroatoms. The molecule has 3 aromatic rings. The summed E-state index contributed by atoms with van der Waals surface area (Å²) in [4.78, 5) is 33.1. The van der Waals surface area contributed by atoms with Crippen molar-refractivity contribution < 1.29 is 18.0 Å². The van der Waals surface area contributed by atoms with E-state index in [-0.39, 0.29) is 5.92 Å². The lowest BCUT2D eigenvalue weighted by Gasteiger charge is -2.45. The number of aromatic nitrogens is 5. The van der Waals surface area contributed by atoms with Gasteiger partial charge >= 0.3 is 6.18 Å². The van der Waals surface area contributed by atoms with Gasteiger partial charge in [0.2, 0.25) is 5.91 Å². The van der Waals surface area contributed by atoms with E-state index < -0.39 is 24.2 Å². The molecule has 8 nitrogen and oxygen atoms in total. The molecule has 2 unspecified atom stereocenters. The number of carbonyl (C=O) groups is 1. The number of rotatable bonds is 3. The summed E-state index contributed by atoms with van der Waals surface area (Å²) in [6.45, 7) is -1.35. The lowest BCUT2D eigenvalue weighted by Crippen LogP contribution is -2.58. The number of alkyl halides is 3. The van der Waals surface area contributed by atoms with Gasteiger partial charge in [-0.1, -0.05) is 0 Å². The summed E-state index contributed by atoms with van der Waals surface area (Å²) in [7, 11) is 0. The van der Waals surface area contributed by atoms with E-state index in [0.717, 1.165) is 23.8 Å². The number of anilines is 1. The smallest absolute Gasteiger partial charge is 0.356 e. The van der Waals surface area contributed by atoms with Crippen molar-refractivity contribution in [1.82, 2.24) is 30.2 Å². The molecule has 3 N–H and O–H groups in total. The quantitative estimate of drug-likeness (QED) is 0.605. The third-order valence-corrected chi connectivity index (χ3v) is 5.85. The minimum atomic E-state index is -4.46. The third kappa shape index (κ3) is 3.14. The van der Waals surface area contributed by atoms with E-state index in [2.05, 4.69) is 30.2 Å². The highest BCUT2D eigenvalue weighted by Gasteiger charge is 2.48. The Morgan fingerprint density at radius 2 is 2.17 bits per heavy atom. The molecule has 156 valence electrons. The second kappa shape index (κ2) is 6.64. The second-order valence-corrected chi connectivity index (χ2v) is 7.78. The molecular weight excluding hydrogens is 399 g/mol. The van der Waals surface area contributed by atoms with E-state index in [9.17, 15) is 18.0 Å². The minimum Gasteiger partial charge on any atom is -0.356 e. The zero-order valence-corrected chi connectivity index (χ0v) is 15.8. The summed E-state index contributed by atoms with van der Waals surface area (Å²) < 4.78 is 37.8. The van der Waals surface area contributed by atoms with Crippen molar-refractivity contribution in [2.75, 3.05) is 11.9 Å². The first-order chi connectivity index (χ1) is 14.3. The van der Waals surface area contributed by atoms with Gasteiger partial charge in [-0.15, -0.1) is 0 Å². The van der Waals surface area contributed by atoms with Crippen LogP contribution >= 0.6 is 0 Å².